The lowest BCUT2D eigenvalue weighted by Crippen LogP contribution is -2.31. The van der Waals surface area contributed by atoms with Crippen molar-refractivity contribution in [2.24, 2.45) is 0 Å². The molecular weight excluding hydrogens is 284 g/mol. The van der Waals surface area contributed by atoms with Crippen molar-refractivity contribution in [1.82, 2.24) is 4.98 Å². The zero-order valence-electron chi connectivity index (χ0n) is 11.7. The Bertz CT molecular complexity index is 796. The summed E-state index contributed by atoms with van der Waals surface area (Å²) in [6.45, 7) is 0.303. The standard InChI is InChI=1S/C16H14N2O4/c19-14-7-10(5-6-17-14)16(22)18-9-11(8-15(20)21)12-3-1-2-4-13(12)18/h1-7,11H,8-9H2,(H,17,19)(H,20,21). The summed E-state index contributed by atoms with van der Waals surface area (Å²) in [6.07, 6.45) is 1.39. The number of anilines is 1. The zero-order chi connectivity index (χ0) is 15.7. The summed E-state index contributed by atoms with van der Waals surface area (Å²) in [7, 11) is 0. The van der Waals surface area contributed by atoms with Crippen LogP contribution in [0.4, 0.5) is 5.69 Å². The van der Waals surface area contributed by atoms with Gasteiger partial charge in [-0.15, -0.1) is 0 Å². The van der Waals surface area contributed by atoms with E-state index in [0.717, 1.165) is 5.56 Å². The number of pyridine rings is 1. The number of hydrogen-bond donors (Lipinski definition) is 2. The van der Waals surface area contributed by atoms with Gasteiger partial charge in [-0.3, -0.25) is 14.4 Å². The van der Waals surface area contributed by atoms with Crippen molar-refractivity contribution in [2.75, 3.05) is 11.4 Å². The number of carbonyl (C=O) groups excluding carboxylic acids is 1. The van der Waals surface area contributed by atoms with Gasteiger partial charge in [0.1, 0.15) is 0 Å². The van der Waals surface area contributed by atoms with Gasteiger partial charge in [0.05, 0.1) is 6.42 Å². The van der Waals surface area contributed by atoms with Crippen LogP contribution in [0.15, 0.2) is 47.4 Å². The van der Waals surface area contributed by atoms with E-state index < -0.39 is 5.97 Å². The van der Waals surface area contributed by atoms with Crippen LogP contribution in [-0.2, 0) is 4.79 Å². The lowest BCUT2D eigenvalue weighted by molar-refractivity contribution is -0.137. The van der Waals surface area contributed by atoms with Crippen molar-refractivity contribution in [1.29, 1.82) is 0 Å². The number of carboxylic acids is 1. The van der Waals surface area contributed by atoms with Crippen molar-refractivity contribution >= 4 is 17.6 Å². The van der Waals surface area contributed by atoms with Crippen LogP contribution >= 0.6 is 0 Å². The maximum absolute atomic E-state index is 12.6. The minimum absolute atomic E-state index is 0.0316. The third-order valence-corrected chi connectivity index (χ3v) is 3.76. The molecule has 6 heteroatoms. The van der Waals surface area contributed by atoms with E-state index in [2.05, 4.69) is 4.98 Å². The molecule has 0 bridgehead atoms. The van der Waals surface area contributed by atoms with E-state index in [4.69, 9.17) is 5.11 Å². The number of aromatic amines is 1. The van der Waals surface area contributed by atoms with Crippen molar-refractivity contribution < 1.29 is 14.7 Å². The summed E-state index contributed by atoms with van der Waals surface area (Å²) >= 11 is 0. The first-order valence-corrected chi connectivity index (χ1v) is 6.87. The van der Waals surface area contributed by atoms with Crippen molar-refractivity contribution in [3.63, 3.8) is 0 Å². The highest BCUT2D eigenvalue weighted by atomic mass is 16.4. The van der Waals surface area contributed by atoms with Crippen LogP contribution in [0.25, 0.3) is 0 Å². The van der Waals surface area contributed by atoms with E-state index in [1.54, 1.807) is 12.1 Å². The molecule has 2 aromatic rings. The number of aromatic nitrogens is 1. The van der Waals surface area contributed by atoms with Crippen LogP contribution in [0.2, 0.25) is 0 Å². The second kappa shape index (κ2) is 5.48. The first-order valence-electron chi connectivity index (χ1n) is 6.87. The summed E-state index contributed by atoms with van der Waals surface area (Å²) in [5.41, 5.74) is 1.50. The van der Waals surface area contributed by atoms with Gasteiger partial charge < -0.3 is 15.0 Å². The predicted molar refractivity (Wildman–Crippen MR) is 80.2 cm³/mol. The number of aliphatic carboxylic acids is 1. The molecule has 2 N–H and O–H groups in total. The molecule has 2 heterocycles. The fourth-order valence-corrected chi connectivity index (χ4v) is 2.81. The molecule has 1 amide bonds. The first kappa shape index (κ1) is 14.1. The lowest BCUT2D eigenvalue weighted by atomic mass is 9.98. The highest BCUT2D eigenvalue weighted by molar-refractivity contribution is 6.07. The minimum atomic E-state index is -0.898. The summed E-state index contributed by atoms with van der Waals surface area (Å²) in [6, 6.07) is 10.1. The third-order valence-electron chi connectivity index (χ3n) is 3.76. The molecule has 0 spiro atoms. The normalized spacial score (nSPS) is 16.4. The van der Waals surface area contributed by atoms with E-state index in [1.165, 1.54) is 23.2 Å². The van der Waals surface area contributed by atoms with Crippen molar-refractivity contribution in [2.45, 2.75) is 12.3 Å². The number of hydrogen-bond acceptors (Lipinski definition) is 3. The topological polar surface area (TPSA) is 90.5 Å². The Hall–Kier alpha value is -2.89. The summed E-state index contributed by atoms with van der Waals surface area (Å²) in [5.74, 6) is -1.43. The third kappa shape index (κ3) is 2.50. The molecule has 112 valence electrons. The van der Waals surface area contributed by atoms with Gasteiger partial charge in [0.2, 0.25) is 5.56 Å². The number of carboxylic acid groups (broad SMARTS) is 1. The number of fused-ring (bicyclic) bond motifs is 1. The molecule has 1 aromatic heterocycles. The summed E-state index contributed by atoms with van der Waals surface area (Å²) in [4.78, 5) is 39.0. The SMILES string of the molecule is O=C(O)CC1CN(C(=O)c2cc[nH]c(=O)c2)c2ccccc21. The fourth-order valence-electron chi connectivity index (χ4n) is 2.81. The van der Waals surface area contributed by atoms with Gasteiger partial charge in [0.15, 0.2) is 0 Å². The Morgan fingerprint density at radius 3 is 2.77 bits per heavy atom. The van der Waals surface area contributed by atoms with Gasteiger partial charge in [-0.2, -0.15) is 0 Å². The van der Waals surface area contributed by atoms with E-state index in [1.807, 2.05) is 12.1 Å². The Morgan fingerprint density at radius 1 is 1.27 bits per heavy atom. The molecule has 1 aromatic carbocycles. The number of amides is 1. The van der Waals surface area contributed by atoms with Crippen LogP contribution in [0.3, 0.4) is 0 Å². The quantitative estimate of drug-likeness (QED) is 0.900. The van der Waals surface area contributed by atoms with E-state index in [0.29, 0.717) is 12.2 Å². The van der Waals surface area contributed by atoms with Gasteiger partial charge in [-0.1, -0.05) is 18.2 Å². The maximum Gasteiger partial charge on any atom is 0.304 e. The van der Waals surface area contributed by atoms with Crippen LogP contribution in [0, 0.1) is 0 Å². The molecule has 0 saturated heterocycles. The largest absolute Gasteiger partial charge is 0.481 e. The highest BCUT2D eigenvalue weighted by Gasteiger charge is 2.33. The average molecular weight is 298 g/mol. The van der Waals surface area contributed by atoms with Gasteiger partial charge >= 0.3 is 5.97 Å². The number of benzene rings is 1. The number of nitrogens with one attached hydrogen (secondary N) is 1. The highest BCUT2D eigenvalue weighted by Crippen LogP contribution is 2.38. The maximum atomic E-state index is 12.6. The summed E-state index contributed by atoms with van der Waals surface area (Å²) in [5, 5.41) is 9.03. The Morgan fingerprint density at radius 2 is 2.05 bits per heavy atom. The van der Waals surface area contributed by atoms with Gasteiger partial charge in [0.25, 0.3) is 5.91 Å². The number of H-pyrrole nitrogens is 1. The molecule has 3 rings (SSSR count). The monoisotopic (exact) mass is 298 g/mol. The molecule has 0 saturated carbocycles. The number of para-hydroxylation sites is 1. The Balaban J connectivity index is 1.97. The summed E-state index contributed by atoms with van der Waals surface area (Å²) < 4.78 is 0. The second-order valence-corrected chi connectivity index (χ2v) is 5.21. The van der Waals surface area contributed by atoms with Crippen LogP contribution in [0.1, 0.15) is 28.3 Å². The smallest absolute Gasteiger partial charge is 0.304 e. The van der Waals surface area contributed by atoms with E-state index in [-0.39, 0.29) is 29.4 Å². The molecular formula is C16H14N2O4. The van der Waals surface area contributed by atoms with Gasteiger partial charge in [-0.25, -0.2) is 0 Å². The van der Waals surface area contributed by atoms with Crippen LogP contribution in [0.5, 0.6) is 0 Å². The molecule has 22 heavy (non-hydrogen) atoms. The first-order chi connectivity index (χ1) is 10.6. The average Bonchev–Trinajstić information content (AvgIpc) is 2.85. The van der Waals surface area contributed by atoms with Gasteiger partial charge in [-0.05, 0) is 17.7 Å². The van der Waals surface area contributed by atoms with Crippen molar-refractivity contribution in [3.8, 4) is 0 Å². The Kier molecular flexibility index (Phi) is 3.50. The molecule has 6 nitrogen and oxygen atoms in total. The van der Waals surface area contributed by atoms with E-state index >= 15 is 0 Å². The van der Waals surface area contributed by atoms with Crippen LogP contribution in [-0.4, -0.2) is 28.5 Å². The Labute approximate surface area is 126 Å². The predicted octanol–water partition coefficient (Wildman–Crippen LogP) is 1.59. The molecule has 1 aliphatic heterocycles. The number of nitrogens with zero attached hydrogens (tertiary/aromatic N) is 1. The zero-order valence-corrected chi connectivity index (χ0v) is 11.7. The van der Waals surface area contributed by atoms with Crippen LogP contribution < -0.4 is 10.5 Å². The minimum Gasteiger partial charge on any atom is -0.481 e. The van der Waals surface area contributed by atoms with Crippen molar-refractivity contribution in [3.05, 3.63) is 64.1 Å². The van der Waals surface area contributed by atoms with Gasteiger partial charge in [0, 0.05) is 36.0 Å². The molecule has 0 radical (unpaired) electrons. The fraction of sp³-hybridized carbons (Fsp3) is 0.188. The number of rotatable bonds is 3. The van der Waals surface area contributed by atoms with E-state index in [9.17, 15) is 14.4 Å². The molecule has 0 aliphatic carbocycles. The number of carbonyl (C=O) groups is 2. The second-order valence-electron chi connectivity index (χ2n) is 5.21. The molecule has 1 aliphatic rings. The molecule has 0 fully saturated rings. The lowest BCUT2D eigenvalue weighted by Gasteiger charge is -2.17. The molecule has 1 atom stereocenters. The molecule has 1 unspecified atom stereocenters.